The second-order valence-electron chi connectivity index (χ2n) is 4.84. The molecule has 3 N–H and O–H groups in total. The van der Waals surface area contributed by atoms with Crippen LogP contribution >= 0.6 is 0 Å². The first-order valence-electron chi connectivity index (χ1n) is 6.36. The fraction of sp³-hybridized carbons (Fsp3) is 0.308. The van der Waals surface area contributed by atoms with Gasteiger partial charge in [0, 0.05) is 11.5 Å². The molecule has 6 heteroatoms. The Bertz CT molecular complexity index is 740. The standard InChI is InChI=1S/C13H13N5O/c14-6-11-17-13(18-19-11)8-3-4-9-10(5-8)16-12(15-9)7-1-2-7/h3-5,7H,1-2,6,14H2,(H,15,16). The SMILES string of the molecule is NCc1nc(-c2ccc3nc(C4CC4)[nH]c3c2)no1. The van der Waals surface area contributed by atoms with Gasteiger partial charge < -0.3 is 15.2 Å². The van der Waals surface area contributed by atoms with Crippen LogP contribution in [0.4, 0.5) is 0 Å². The molecule has 4 rings (SSSR count). The van der Waals surface area contributed by atoms with Gasteiger partial charge in [0.1, 0.15) is 5.82 Å². The van der Waals surface area contributed by atoms with Crippen LogP contribution in [0.5, 0.6) is 0 Å². The lowest BCUT2D eigenvalue weighted by molar-refractivity contribution is 0.380. The number of benzene rings is 1. The smallest absolute Gasteiger partial charge is 0.240 e. The highest BCUT2D eigenvalue weighted by atomic mass is 16.5. The van der Waals surface area contributed by atoms with Crippen molar-refractivity contribution in [2.24, 2.45) is 5.73 Å². The number of rotatable bonds is 3. The van der Waals surface area contributed by atoms with Crippen LogP contribution in [0.2, 0.25) is 0 Å². The van der Waals surface area contributed by atoms with E-state index in [0.29, 0.717) is 17.6 Å². The van der Waals surface area contributed by atoms with E-state index in [1.807, 2.05) is 18.2 Å². The van der Waals surface area contributed by atoms with E-state index >= 15 is 0 Å². The first-order valence-corrected chi connectivity index (χ1v) is 6.36. The largest absolute Gasteiger partial charge is 0.342 e. The molecule has 3 aromatic rings. The van der Waals surface area contributed by atoms with E-state index in [1.165, 1.54) is 12.8 Å². The quantitative estimate of drug-likeness (QED) is 0.746. The molecule has 0 aliphatic heterocycles. The Morgan fingerprint density at radius 1 is 1.32 bits per heavy atom. The number of aromatic nitrogens is 4. The summed E-state index contributed by atoms with van der Waals surface area (Å²) >= 11 is 0. The highest BCUT2D eigenvalue weighted by molar-refractivity contribution is 5.80. The molecule has 19 heavy (non-hydrogen) atoms. The van der Waals surface area contributed by atoms with E-state index in [1.54, 1.807) is 0 Å². The van der Waals surface area contributed by atoms with Crippen LogP contribution in [0.3, 0.4) is 0 Å². The maximum Gasteiger partial charge on any atom is 0.240 e. The van der Waals surface area contributed by atoms with E-state index in [9.17, 15) is 0 Å². The van der Waals surface area contributed by atoms with Crippen molar-refractivity contribution in [3.63, 3.8) is 0 Å². The van der Waals surface area contributed by atoms with E-state index in [2.05, 4.69) is 20.1 Å². The van der Waals surface area contributed by atoms with Gasteiger partial charge in [-0.25, -0.2) is 4.98 Å². The molecule has 1 aromatic carbocycles. The van der Waals surface area contributed by atoms with Crippen molar-refractivity contribution < 1.29 is 4.52 Å². The van der Waals surface area contributed by atoms with E-state index in [-0.39, 0.29) is 6.54 Å². The molecule has 96 valence electrons. The summed E-state index contributed by atoms with van der Waals surface area (Å²) < 4.78 is 5.02. The Morgan fingerprint density at radius 3 is 2.95 bits per heavy atom. The maximum absolute atomic E-state index is 5.46. The molecule has 2 heterocycles. The Kier molecular flexibility index (Phi) is 2.19. The Balaban J connectivity index is 1.77. The number of hydrogen-bond donors (Lipinski definition) is 2. The zero-order chi connectivity index (χ0) is 12.8. The third kappa shape index (κ3) is 1.80. The average Bonchev–Trinajstić information content (AvgIpc) is 3.03. The minimum absolute atomic E-state index is 0.255. The second-order valence-corrected chi connectivity index (χ2v) is 4.84. The van der Waals surface area contributed by atoms with E-state index in [0.717, 1.165) is 22.4 Å². The monoisotopic (exact) mass is 255 g/mol. The highest BCUT2D eigenvalue weighted by Crippen LogP contribution is 2.39. The van der Waals surface area contributed by atoms with Gasteiger partial charge in [-0.2, -0.15) is 4.98 Å². The van der Waals surface area contributed by atoms with Gasteiger partial charge in [-0.3, -0.25) is 0 Å². The molecule has 0 amide bonds. The highest BCUT2D eigenvalue weighted by Gasteiger charge is 2.26. The molecule has 0 radical (unpaired) electrons. The third-order valence-corrected chi connectivity index (χ3v) is 3.37. The number of nitrogens with one attached hydrogen (secondary N) is 1. The van der Waals surface area contributed by atoms with Crippen LogP contribution in [0.25, 0.3) is 22.4 Å². The molecule has 1 aliphatic carbocycles. The van der Waals surface area contributed by atoms with E-state index < -0.39 is 0 Å². The van der Waals surface area contributed by atoms with Crippen LogP contribution < -0.4 is 5.73 Å². The summed E-state index contributed by atoms with van der Waals surface area (Å²) in [4.78, 5) is 12.2. The molecule has 1 fully saturated rings. The molecule has 0 unspecified atom stereocenters. The molecule has 1 aliphatic rings. The summed E-state index contributed by atoms with van der Waals surface area (Å²) in [7, 11) is 0. The number of imidazole rings is 1. The summed E-state index contributed by atoms with van der Waals surface area (Å²) in [5.74, 6) is 2.70. The number of aromatic amines is 1. The van der Waals surface area contributed by atoms with Gasteiger partial charge in [-0.1, -0.05) is 5.16 Å². The van der Waals surface area contributed by atoms with Crippen molar-refractivity contribution in [3.05, 3.63) is 29.9 Å². The van der Waals surface area contributed by atoms with Crippen molar-refractivity contribution in [2.75, 3.05) is 0 Å². The summed E-state index contributed by atoms with van der Waals surface area (Å²) in [6.07, 6.45) is 2.47. The van der Waals surface area contributed by atoms with Gasteiger partial charge in [0.2, 0.25) is 11.7 Å². The minimum atomic E-state index is 0.255. The summed E-state index contributed by atoms with van der Waals surface area (Å²) in [6.45, 7) is 0.255. The topological polar surface area (TPSA) is 93.6 Å². The number of fused-ring (bicyclic) bond motifs is 1. The first-order chi connectivity index (χ1) is 9.33. The van der Waals surface area contributed by atoms with Crippen LogP contribution in [0.1, 0.15) is 30.5 Å². The molecular weight excluding hydrogens is 242 g/mol. The molecule has 0 spiro atoms. The van der Waals surface area contributed by atoms with Gasteiger partial charge >= 0.3 is 0 Å². The summed E-state index contributed by atoms with van der Waals surface area (Å²) in [5, 5.41) is 3.92. The third-order valence-electron chi connectivity index (χ3n) is 3.37. The lowest BCUT2D eigenvalue weighted by atomic mass is 10.2. The second kappa shape index (κ2) is 3.89. The van der Waals surface area contributed by atoms with Crippen molar-refractivity contribution in [1.82, 2.24) is 20.1 Å². The van der Waals surface area contributed by atoms with Gasteiger partial charge in [0.15, 0.2) is 0 Å². The predicted octanol–water partition coefficient (Wildman–Crippen LogP) is 1.95. The van der Waals surface area contributed by atoms with Crippen molar-refractivity contribution in [3.8, 4) is 11.4 Å². The lowest BCUT2D eigenvalue weighted by Crippen LogP contribution is -1.95. The van der Waals surface area contributed by atoms with Gasteiger partial charge in [-0.05, 0) is 31.0 Å². The number of H-pyrrole nitrogens is 1. The van der Waals surface area contributed by atoms with Crippen molar-refractivity contribution in [1.29, 1.82) is 0 Å². The normalized spacial score (nSPS) is 15.2. The number of nitrogens with zero attached hydrogens (tertiary/aromatic N) is 3. The van der Waals surface area contributed by atoms with Crippen molar-refractivity contribution in [2.45, 2.75) is 25.3 Å². The van der Waals surface area contributed by atoms with Crippen LogP contribution in [-0.2, 0) is 6.54 Å². The first kappa shape index (κ1) is 10.7. The molecule has 0 atom stereocenters. The molecular formula is C13H13N5O. The summed E-state index contributed by atoms with van der Waals surface area (Å²) in [5.41, 5.74) is 8.36. The Labute approximate surface area is 109 Å². The minimum Gasteiger partial charge on any atom is -0.342 e. The van der Waals surface area contributed by atoms with Gasteiger partial charge in [-0.15, -0.1) is 0 Å². The molecule has 1 saturated carbocycles. The zero-order valence-electron chi connectivity index (χ0n) is 10.3. The maximum atomic E-state index is 5.46. The molecule has 0 saturated heterocycles. The number of hydrogen-bond acceptors (Lipinski definition) is 5. The summed E-state index contributed by atoms with van der Waals surface area (Å²) in [6, 6.07) is 5.93. The van der Waals surface area contributed by atoms with Gasteiger partial charge in [0.05, 0.1) is 17.6 Å². The predicted molar refractivity (Wildman–Crippen MR) is 69.3 cm³/mol. The molecule has 0 bridgehead atoms. The van der Waals surface area contributed by atoms with Crippen molar-refractivity contribution >= 4 is 11.0 Å². The fourth-order valence-corrected chi connectivity index (χ4v) is 2.17. The lowest BCUT2D eigenvalue weighted by Gasteiger charge is -1.93. The zero-order valence-corrected chi connectivity index (χ0v) is 10.3. The number of nitrogens with two attached hydrogens (primary N) is 1. The molecule has 6 nitrogen and oxygen atoms in total. The molecule has 2 aromatic heterocycles. The van der Waals surface area contributed by atoms with Crippen LogP contribution in [-0.4, -0.2) is 20.1 Å². The van der Waals surface area contributed by atoms with Crippen LogP contribution in [0.15, 0.2) is 22.7 Å². The Morgan fingerprint density at radius 2 is 2.21 bits per heavy atom. The Hall–Kier alpha value is -2.21. The fourth-order valence-electron chi connectivity index (χ4n) is 2.17. The van der Waals surface area contributed by atoms with Crippen LogP contribution in [0, 0.1) is 0 Å². The average molecular weight is 255 g/mol. The van der Waals surface area contributed by atoms with E-state index in [4.69, 9.17) is 10.3 Å². The van der Waals surface area contributed by atoms with Gasteiger partial charge in [0.25, 0.3) is 0 Å².